The molecule has 2 heterocycles. The maximum Gasteiger partial charge on any atom is 0.0973 e. The predicted molar refractivity (Wildman–Crippen MR) is 71.0 cm³/mol. The van der Waals surface area contributed by atoms with Gasteiger partial charge in [-0.3, -0.25) is 4.90 Å². The second-order valence-electron chi connectivity index (χ2n) is 4.72. The molecule has 1 aromatic rings. The van der Waals surface area contributed by atoms with Gasteiger partial charge < -0.3 is 5.73 Å². The van der Waals surface area contributed by atoms with Gasteiger partial charge in [-0.15, -0.1) is 11.3 Å². The van der Waals surface area contributed by atoms with Crippen molar-refractivity contribution in [3.05, 3.63) is 21.3 Å². The molecule has 90 valence electrons. The molecule has 2 atom stereocenters. The number of hydrogen-bond acceptors (Lipinski definition) is 3. The van der Waals surface area contributed by atoms with Gasteiger partial charge in [0.2, 0.25) is 0 Å². The molecule has 1 aromatic heterocycles. The number of rotatable bonds is 3. The third kappa shape index (κ3) is 2.98. The Morgan fingerprint density at radius 1 is 1.69 bits per heavy atom. The zero-order valence-electron chi connectivity index (χ0n) is 9.66. The van der Waals surface area contributed by atoms with Crippen LogP contribution in [0.2, 0.25) is 4.34 Å². The Bertz CT molecular complexity index is 338. The molecular formula is C12H19ClN2S. The molecule has 1 fully saturated rings. The van der Waals surface area contributed by atoms with Crippen molar-refractivity contribution in [2.45, 2.75) is 32.4 Å². The van der Waals surface area contributed by atoms with Crippen LogP contribution in [-0.4, -0.2) is 24.0 Å². The molecule has 2 nitrogen and oxygen atoms in total. The first kappa shape index (κ1) is 12.4. The van der Waals surface area contributed by atoms with Gasteiger partial charge in [0.1, 0.15) is 0 Å². The molecule has 0 spiro atoms. The van der Waals surface area contributed by atoms with Crippen molar-refractivity contribution < 1.29 is 0 Å². The van der Waals surface area contributed by atoms with E-state index in [-0.39, 0.29) is 0 Å². The lowest BCUT2D eigenvalue weighted by molar-refractivity contribution is 0.154. The summed E-state index contributed by atoms with van der Waals surface area (Å²) in [7, 11) is 0. The fourth-order valence-electron chi connectivity index (χ4n) is 2.34. The van der Waals surface area contributed by atoms with E-state index < -0.39 is 0 Å². The molecule has 2 unspecified atom stereocenters. The van der Waals surface area contributed by atoms with Crippen LogP contribution in [0.15, 0.2) is 11.4 Å². The molecule has 0 saturated carbocycles. The largest absolute Gasteiger partial charge is 0.328 e. The number of nitrogens with zero attached hydrogens (tertiary/aromatic N) is 1. The number of hydrogen-bond donors (Lipinski definition) is 1. The predicted octanol–water partition coefficient (Wildman–Crippen LogP) is 2.96. The van der Waals surface area contributed by atoms with Crippen LogP contribution in [0.3, 0.4) is 0 Å². The maximum atomic E-state index is 6.13. The molecule has 0 aliphatic carbocycles. The Morgan fingerprint density at radius 3 is 3.12 bits per heavy atom. The van der Waals surface area contributed by atoms with Gasteiger partial charge in [0.25, 0.3) is 0 Å². The molecule has 2 rings (SSSR count). The first-order valence-corrected chi connectivity index (χ1v) is 7.12. The highest BCUT2D eigenvalue weighted by Crippen LogP contribution is 2.26. The molecule has 1 aliphatic heterocycles. The monoisotopic (exact) mass is 258 g/mol. The molecule has 1 aliphatic rings. The molecule has 4 heteroatoms. The second kappa shape index (κ2) is 5.50. The minimum absolute atomic E-state index is 0.306. The zero-order chi connectivity index (χ0) is 11.5. The van der Waals surface area contributed by atoms with E-state index in [2.05, 4.69) is 23.3 Å². The van der Waals surface area contributed by atoms with E-state index in [0.717, 1.165) is 17.4 Å². The zero-order valence-corrected chi connectivity index (χ0v) is 11.2. The normalized spacial score (nSPS) is 24.6. The minimum atomic E-state index is 0.306. The van der Waals surface area contributed by atoms with E-state index in [0.29, 0.717) is 12.0 Å². The number of nitrogens with two attached hydrogens (primary N) is 1. The van der Waals surface area contributed by atoms with Crippen molar-refractivity contribution in [3.8, 4) is 0 Å². The lowest BCUT2D eigenvalue weighted by Gasteiger charge is -2.34. The summed E-state index contributed by atoms with van der Waals surface area (Å²) in [5, 5.41) is 2.06. The number of halogens is 1. The summed E-state index contributed by atoms with van der Waals surface area (Å²) in [5.41, 5.74) is 7.24. The maximum absolute atomic E-state index is 6.13. The van der Waals surface area contributed by atoms with Crippen LogP contribution in [0.4, 0.5) is 0 Å². The summed E-state index contributed by atoms with van der Waals surface area (Å²) in [5.74, 6) is 0.645. The van der Waals surface area contributed by atoms with E-state index in [1.165, 1.54) is 24.9 Å². The Labute approximate surface area is 106 Å². The summed E-state index contributed by atoms with van der Waals surface area (Å²) in [6.45, 7) is 5.39. The standard InChI is InChI=1S/C12H19ClN2S/c1-9(14)10-3-2-5-15(7-10)8-11-4-6-16-12(11)13/h4,6,9-10H,2-3,5,7-8,14H2,1H3. The third-order valence-corrected chi connectivity index (χ3v) is 4.62. The van der Waals surface area contributed by atoms with Crippen molar-refractivity contribution in [1.29, 1.82) is 0 Å². The summed E-state index contributed by atoms with van der Waals surface area (Å²) in [6, 6.07) is 2.43. The van der Waals surface area contributed by atoms with Crippen LogP contribution >= 0.6 is 22.9 Å². The van der Waals surface area contributed by atoms with E-state index in [9.17, 15) is 0 Å². The SMILES string of the molecule is CC(N)C1CCCN(Cc2ccsc2Cl)C1. The van der Waals surface area contributed by atoms with Gasteiger partial charge in [-0.25, -0.2) is 0 Å². The molecule has 2 N–H and O–H groups in total. The van der Waals surface area contributed by atoms with Crippen LogP contribution in [0.1, 0.15) is 25.3 Å². The van der Waals surface area contributed by atoms with Crippen molar-refractivity contribution in [1.82, 2.24) is 4.90 Å². The van der Waals surface area contributed by atoms with E-state index in [1.54, 1.807) is 11.3 Å². The van der Waals surface area contributed by atoms with E-state index in [4.69, 9.17) is 17.3 Å². The van der Waals surface area contributed by atoms with Crippen LogP contribution in [-0.2, 0) is 6.54 Å². The minimum Gasteiger partial charge on any atom is -0.328 e. The average Bonchev–Trinajstić information content (AvgIpc) is 2.65. The Kier molecular flexibility index (Phi) is 4.25. The molecule has 0 aromatic carbocycles. The summed E-state index contributed by atoms with van der Waals surface area (Å²) >= 11 is 7.74. The fraction of sp³-hybridized carbons (Fsp3) is 0.667. The van der Waals surface area contributed by atoms with E-state index >= 15 is 0 Å². The molecule has 16 heavy (non-hydrogen) atoms. The average molecular weight is 259 g/mol. The van der Waals surface area contributed by atoms with Gasteiger partial charge >= 0.3 is 0 Å². The van der Waals surface area contributed by atoms with Gasteiger partial charge in [-0.05, 0) is 49.2 Å². The fourth-order valence-corrected chi connectivity index (χ4v) is 3.25. The quantitative estimate of drug-likeness (QED) is 0.903. The second-order valence-corrected chi connectivity index (χ2v) is 6.23. The topological polar surface area (TPSA) is 29.3 Å². The molecule has 0 amide bonds. The first-order chi connectivity index (χ1) is 7.66. The lowest BCUT2D eigenvalue weighted by atomic mass is 9.92. The van der Waals surface area contributed by atoms with Crippen molar-refractivity contribution in [3.63, 3.8) is 0 Å². The van der Waals surface area contributed by atoms with Crippen molar-refractivity contribution in [2.75, 3.05) is 13.1 Å². The summed E-state index contributed by atoms with van der Waals surface area (Å²) in [4.78, 5) is 2.48. The Hall–Kier alpha value is -0.0900. The van der Waals surface area contributed by atoms with Crippen LogP contribution in [0.25, 0.3) is 0 Å². The number of thiophene rings is 1. The molecule has 1 saturated heterocycles. The lowest BCUT2D eigenvalue weighted by Crippen LogP contribution is -2.41. The van der Waals surface area contributed by atoms with Gasteiger partial charge in [-0.1, -0.05) is 11.6 Å². The smallest absolute Gasteiger partial charge is 0.0973 e. The highest BCUT2D eigenvalue weighted by molar-refractivity contribution is 7.14. The Morgan fingerprint density at radius 2 is 2.50 bits per heavy atom. The number of likely N-dealkylation sites (tertiary alicyclic amines) is 1. The van der Waals surface area contributed by atoms with E-state index in [1.807, 2.05) is 0 Å². The van der Waals surface area contributed by atoms with Crippen LogP contribution in [0, 0.1) is 5.92 Å². The molecule has 0 radical (unpaired) electrons. The summed E-state index contributed by atoms with van der Waals surface area (Å²) < 4.78 is 0.933. The molecule has 0 bridgehead atoms. The number of piperidine rings is 1. The molecular weight excluding hydrogens is 240 g/mol. The first-order valence-electron chi connectivity index (χ1n) is 5.86. The third-order valence-electron chi connectivity index (χ3n) is 3.37. The van der Waals surface area contributed by atoms with Gasteiger partial charge in [-0.2, -0.15) is 0 Å². The van der Waals surface area contributed by atoms with Gasteiger partial charge in [0.15, 0.2) is 0 Å². The van der Waals surface area contributed by atoms with Crippen LogP contribution < -0.4 is 5.73 Å². The van der Waals surface area contributed by atoms with Crippen molar-refractivity contribution >= 4 is 22.9 Å². The van der Waals surface area contributed by atoms with Gasteiger partial charge in [0, 0.05) is 19.1 Å². The highest BCUT2D eigenvalue weighted by Gasteiger charge is 2.23. The Balaban J connectivity index is 1.93. The summed E-state index contributed by atoms with van der Waals surface area (Å²) in [6.07, 6.45) is 2.53. The van der Waals surface area contributed by atoms with Crippen molar-refractivity contribution in [2.24, 2.45) is 11.7 Å². The van der Waals surface area contributed by atoms with Gasteiger partial charge in [0.05, 0.1) is 4.34 Å². The van der Waals surface area contributed by atoms with Crippen LogP contribution in [0.5, 0.6) is 0 Å². The highest BCUT2D eigenvalue weighted by atomic mass is 35.5.